The first kappa shape index (κ1) is 17.2. The van der Waals surface area contributed by atoms with Gasteiger partial charge in [0.2, 0.25) is 0 Å². The Kier molecular flexibility index (Phi) is 7.28. The van der Waals surface area contributed by atoms with E-state index >= 15 is 0 Å². The third-order valence-corrected chi connectivity index (χ3v) is 4.11. The van der Waals surface area contributed by atoms with Crippen molar-refractivity contribution < 1.29 is 14.6 Å². The Morgan fingerprint density at radius 2 is 2.05 bits per heavy atom. The van der Waals surface area contributed by atoms with Gasteiger partial charge in [-0.15, -0.1) is 0 Å². The molecule has 0 aromatic heterocycles. The topological polar surface area (TPSA) is 46.5 Å². The fourth-order valence-electron chi connectivity index (χ4n) is 2.61. The van der Waals surface area contributed by atoms with Gasteiger partial charge < -0.3 is 9.84 Å². The molecule has 0 amide bonds. The minimum absolute atomic E-state index is 0.0412. The summed E-state index contributed by atoms with van der Waals surface area (Å²) in [7, 11) is 0. The third-order valence-electron chi connectivity index (χ3n) is 4.11. The molecule has 1 fully saturated rings. The van der Waals surface area contributed by atoms with Crippen LogP contribution in [0.1, 0.15) is 66.2 Å². The van der Waals surface area contributed by atoms with E-state index in [0.29, 0.717) is 12.3 Å². The van der Waals surface area contributed by atoms with Crippen molar-refractivity contribution in [1.82, 2.24) is 0 Å². The van der Waals surface area contributed by atoms with Crippen molar-refractivity contribution in [2.75, 3.05) is 0 Å². The molecule has 3 heteroatoms. The van der Waals surface area contributed by atoms with Gasteiger partial charge in [0.1, 0.15) is 6.10 Å². The number of hydrogen-bond donors (Lipinski definition) is 1. The molecule has 116 valence electrons. The summed E-state index contributed by atoms with van der Waals surface area (Å²) >= 11 is 0. The Labute approximate surface area is 123 Å². The molecule has 20 heavy (non-hydrogen) atoms. The molecule has 3 nitrogen and oxygen atoms in total. The number of aliphatic hydroxyl groups excluding tert-OH is 1. The van der Waals surface area contributed by atoms with E-state index in [-0.39, 0.29) is 18.0 Å². The number of hydrogen-bond acceptors (Lipinski definition) is 3. The lowest BCUT2D eigenvalue weighted by Crippen LogP contribution is -2.34. The molecule has 1 N–H and O–H groups in total. The van der Waals surface area contributed by atoms with Gasteiger partial charge in [0.05, 0.1) is 6.10 Å². The zero-order valence-electron chi connectivity index (χ0n) is 13.4. The summed E-state index contributed by atoms with van der Waals surface area (Å²) in [4.78, 5) is 11.6. The second kappa shape index (κ2) is 8.46. The molecule has 0 radical (unpaired) electrons. The molecule has 1 aliphatic rings. The predicted octanol–water partition coefficient (Wildman–Crippen LogP) is 3.85. The van der Waals surface area contributed by atoms with E-state index < -0.39 is 6.10 Å². The number of allylic oxidation sites excluding steroid dienone is 1. The summed E-state index contributed by atoms with van der Waals surface area (Å²) in [6, 6.07) is 0. The number of aliphatic hydroxyl groups is 1. The van der Waals surface area contributed by atoms with Crippen molar-refractivity contribution in [2.24, 2.45) is 11.8 Å². The predicted molar refractivity (Wildman–Crippen MR) is 81.3 cm³/mol. The van der Waals surface area contributed by atoms with Gasteiger partial charge in [0.25, 0.3) is 0 Å². The largest absolute Gasteiger partial charge is 0.462 e. The second-order valence-corrected chi connectivity index (χ2v) is 6.51. The molecular weight excluding hydrogens is 252 g/mol. The lowest BCUT2D eigenvalue weighted by Gasteiger charge is -2.29. The van der Waals surface area contributed by atoms with Crippen molar-refractivity contribution in [1.29, 1.82) is 0 Å². The molecule has 1 rings (SSSR count). The highest BCUT2D eigenvalue weighted by Crippen LogP contribution is 2.25. The van der Waals surface area contributed by atoms with Crippen LogP contribution in [-0.2, 0) is 9.53 Å². The highest BCUT2D eigenvalue weighted by molar-refractivity contribution is 5.69. The van der Waals surface area contributed by atoms with Crippen molar-refractivity contribution in [2.45, 2.75) is 78.4 Å². The fraction of sp³-hybridized carbons (Fsp3) is 0.824. The average Bonchev–Trinajstić information content (AvgIpc) is 2.38. The van der Waals surface area contributed by atoms with Crippen LogP contribution in [0.4, 0.5) is 0 Å². The van der Waals surface area contributed by atoms with Gasteiger partial charge in [0.15, 0.2) is 0 Å². The van der Waals surface area contributed by atoms with E-state index in [1.165, 1.54) is 0 Å². The third kappa shape index (κ3) is 5.66. The Balaban J connectivity index is 2.63. The fourth-order valence-corrected chi connectivity index (χ4v) is 2.61. The maximum absolute atomic E-state index is 11.6. The number of ether oxygens (including phenoxy) is 1. The van der Waals surface area contributed by atoms with E-state index in [4.69, 9.17) is 4.74 Å². The van der Waals surface area contributed by atoms with Gasteiger partial charge >= 0.3 is 5.97 Å². The summed E-state index contributed by atoms with van der Waals surface area (Å²) in [5.74, 6) is 0.435. The number of carbonyl (C=O) groups is 1. The molecule has 0 spiro atoms. The van der Waals surface area contributed by atoms with Crippen LogP contribution in [0.15, 0.2) is 11.6 Å². The van der Waals surface area contributed by atoms with E-state index in [2.05, 4.69) is 19.9 Å². The van der Waals surface area contributed by atoms with Crippen LogP contribution in [0.3, 0.4) is 0 Å². The lowest BCUT2D eigenvalue weighted by atomic mass is 9.88. The second-order valence-electron chi connectivity index (χ2n) is 6.51. The van der Waals surface area contributed by atoms with Gasteiger partial charge in [0, 0.05) is 12.3 Å². The smallest absolute Gasteiger partial charge is 0.306 e. The first-order chi connectivity index (χ1) is 9.41. The summed E-state index contributed by atoms with van der Waals surface area (Å²) in [6.45, 7) is 8.28. The molecule has 1 heterocycles. The van der Waals surface area contributed by atoms with Crippen LogP contribution in [0.5, 0.6) is 0 Å². The van der Waals surface area contributed by atoms with Crippen LogP contribution in [0.2, 0.25) is 0 Å². The zero-order chi connectivity index (χ0) is 15.1. The lowest BCUT2D eigenvalue weighted by molar-refractivity contribution is -0.155. The van der Waals surface area contributed by atoms with Crippen LogP contribution in [0, 0.1) is 11.8 Å². The molecule has 0 aliphatic carbocycles. The Bertz CT molecular complexity index is 333. The van der Waals surface area contributed by atoms with Crippen LogP contribution in [-0.4, -0.2) is 23.3 Å². The van der Waals surface area contributed by atoms with Gasteiger partial charge in [-0.05, 0) is 44.1 Å². The van der Waals surface area contributed by atoms with Crippen LogP contribution >= 0.6 is 0 Å². The van der Waals surface area contributed by atoms with E-state index in [9.17, 15) is 9.90 Å². The minimum Gasteiger partial charge on any atom is -0.462 e. The summed E-state index contributed by atoms with van der Waals surface area (Å²) in [6.07, 6.45) is 6.86. The van der Waals surface area contributed by atoms with Gasteiger partial charge in [-0.2, -0.15) is 0 Å². The van der Waals surface area contributed by atoms with Crippen molar-refractivity contribution >= 4 is 5.97 Å². The van der Waals surface area contributed by atoms with Gasteiger partial charge in [-0.3, -0.25) is 4.79 Å². The first-order valence-corrected chi connectivity index (χ1v) is 7.96. The summed E-state index contributed by atoms with van der Waals surface area (Å²) in [5.41, 5.74) is 0.990. The molecular formula is C17H30O3. The Morgan fingerprint density at radius 1 is 1.35 bits per heavy atom. The highest BCUT2D eigenvalue weighted by atomic mass is 16.5. The molecule has 0 aromatic rings. The quantitative estimate of drug-likeness (QED) is 0.615. The van der Waals surface area contributed by atoms with Gasteiger partial charge in [-0.25, -0.2) is 0 Å². The average molecular weight is 282 g/mol. The minimum atomic E-state index is -0.522. The van der Waals surface area contributed by atoms with E-state index in [1.807, 2.05) is 13.8 Å². The molecule has 0 aromatic carbocycles. The van der Waals surface area contributed by atoms with E-state index in [1.54, 1.807) is 0 Å². The Morgan fingerprint density at radius 3 is 2.70 bits per heavy atom. The SMILES string of the molecule is C/C(=C\CC(C)C)[C@H](O)[C@@H](C)C1CCCCCC(=O)O1. The van der Waals surface area contributed by atoms with E-state index in [0.717, 1.165) is 37.7 Å². The number of cyclic esters (lactones) is 1. The number of esters is 1. The number of rotatable bonds is 5. The maximum atomic E-state index is 11.6. The molecule has 1 unspecified atom stereocenters. The molecule has 1 aliphatic heterocycles. The van der Waals surface area contributed by atoms with Crippen LogP contribution in [0.25, 0.3) is 0 Å². The van der Waals surface area contributed by atoms with Gasteiger partial charge in [-0.1, -0.05) is 33.3 Å². The Hall–Kier alpha value is -0.830. The normalized spacial score (nSPS) is 24.8. The first-order valence-electron chi connectivity index (χ1n) is 7.96. The monoisotopic (exact) mass is 282 g/mol. The molecule has 3 atom stereocenters. The molecule has 0 saturated carbocycles. The number of carbonyl (C=O) groups excluding carboxylic acids is 1. The highest BCUT2D eigenvalue weighted by Gasteiger charge is 2.28. The molecule has 1 saturated heterocycles. The summed E-state index contributed by atoms with van der Waals surface area (Å²) < 4.78 is 5.52. The summed E-state index contributed by atoms with van der Waals surface area (Å²) in [5, 5.41) is 10.4. The standard InChI is InChI=1S/C17H30O3/c1-12(2)10-11-13(3)17(19)14(4)15-8-6-5-7-9-16(18)20-15/h11-12,14-15,17,19H,5-10H2,1-4H3/b13-11+/t14-,15?,17-/m0/s1. The molecule has 0 bridgehead atoms. The van der Waals surface area contributed by atoms with Crippen molar-refractivity contribution in [3.63, 3.8) is 0 Å². The zero-order valence-corrected chi connectivity index (χ0v) is 13.4. The maximum Gasteiger partial charge on any atom is 0.306 e. The van der Waals surface area contributed by atoms with Crippen LogP contribution < -0.4 is 0 Å². The van der Waals surface area contributed by atoms with Crippen molar-refractivity contribution in [3.05, 3.63) is 11.6 Å². The van der Waals surface area contributed by atoms with Crippen molar-refractivity contribution in [3.8, 4) is 0 Å².